The molecule has 0 saturated carbocycles. The number of carbonyl (C=O) groups is 3. The summed E-state index contributed by atoms with van der Waals surface area (Å²) in [6, 6.07) is 17.4. The molecule has 4 aromatic rings. The minimum absolute atomic E-state index is 0.0683. The number of amides is 3. The second-order valence-electron chi connectivity index (χ2n) is 9.90. The summed E-state index contributed by atoms with van der Waals surface area (Å²) in [6.07, 6.45) is -2.52. The van der Waals surface area contributed by atoms with E-state index >= 15 is 0 Å². The van der Waals surface area contributed by atoms with Crippen LogP contribution in [0.15, 0.2) is 65.2 Å². The van der Waals surface area contributed by atoms with Gasteiger partial charge in [0.1, 0.15) is 0 Å². The number of aromatic nitrogens is 1. The fourth-order valence-corrected chi connectivity index (χ4v) is 5.36. The molecule has 0 unspecified atom stereocenters. The van der Waals surface area contributed by atoms with Crippen LogP contribution in [0.5, 0.6) is 0 Å². The van der Waals surface area contributed by atoms with E-state index < -0.39 is 24.0 Å². The highest BCUT2D eigenvalue weighted by Gasteiger charge is 2.39. The molecule has 3 aromatic carbocycles. The van der Waals surface area contributed by atoms with Gasteiger partial charge in [0.2, 0.25) is 0 Å². The Morgan fingerprint density at radius 2 is 1.90 bits per heavy atom. The van der Waals surface area contributed by atoms with Gasteiger partial charge in [-0.3, -0.25) is 14.4 Å². The molecule has 1 saturated heterocycles. The smallest absolute Gasteiger partial charge is 0.259 e. The van der Waals surface area contributed by atoms with E-state index in [0.717, 1.165) is 12.0 Å². The Morgan fingerprint density at radius 1 is 1.10 bits per heavy atom. The van der Waals surface area contributed by atoms with Crippen molar-refractivity contribution in [3.63, 3.8) is 0 Å². The first kappa shape index (κ1) is 26.8. The number of rotatable bonds is 5. The monoisotopic (exact) mass is 575 g/mol. The maximum atomic E-state index is 13.5. The Bertz CT molecular complexity index is 1670. The normalized spacial score (nSPS) is 17.8. The van der Waals surface area contributed by atoms with E-state index in [9.17, 15) is 19.5 Å². The third kappa shape index (κ3) is 5.10. The number of nitrogens with two attached hydrogens (primary N) is 1. The van der Waals surface area contributed by atoms with Gasteiger partial charge >= 0.3 is 0 Å². The van der Waals surface area contributed by atoms with Gasteiger partial charge in [-0.05, 0) is 47.9 Å². The molecule has 1 fully saturated rings. The predicted molar refractivity (Wildman–Crippen MR) is 151 cm³/mol. The Morgan fingerprint density at radius 3 is 2.73 bits per heavy atom. The molecule has 6 rings (SSSR count). The largest absolute Gasteiger partial charge is 0.380 e. The SMILES string of the molecule is Nc1noc2cc(NC(=O)[C@H](O)[C@H]3OCCN(c4ccc(Cl)c(C(=O)N5CCc6ccccc6C5)c4)C3=O)ccc12. The van der Waals surface area contributed by atoms with Crippen molar-refractivity contribution in [2.24, 2.45) is 0 Å². The summed E-state index contributed by atoms with van der Waals surface area (Å²) in [4.78, 5) is 42.8. The minimum Gasteiger partial charge on any atom is -0.380 e. The summed E-state index contributed by atoms with van der Waals surface area (Å²) in [5.74, 6) is -1.49. The lowest BCUT2D eigenvalue weighted by Crippen LogP contribution is -2.55. The van der Waals surface area contributed by atoms with Crippen LogP contribution in [0, 0.1) is 0 Å². The second kappa shape index (κ2) is 10.8. The summed E-state index contributed by atoms with van der Waals surface area (Å²) < 4.78 is 10.6. The first-order valence-corrected chi connectivity index (χ1v) is 13.4. The van der Waals surface area contributed by atoms with Crippen molar-refractivity contribution >= 4 is 57.5 Å². The standard InChI is InChI=1S/C29H26ClN5O6/c30-22-8-6-19(14-21(22)28(38)34-10-9-16-3-1-2-4-17(16)15-34)35-11-12-40-25(29(35)39)24(36)27(37)32-18-5-7-20-23(13-18)41-33-26(20)31/h1-8,13-14,24-25,36H,9-12,15H2,(H2,31,33)(H,32,37)/t24-,25-/m1/s1. The molecule has 0 bridgehead atoms. The van der Waals surface area contributed by atoms with Crippen molar-refractivity contribution in [1.82, 2.24) is 10.1 Å². The van der Waals surface area contributed by atoms with Crippen LogP contribution in [0.3, 0.4) is 0 Å². The second-order valence-corrected chi connectivity index (χ2v) is 10.3. The molecule has 0 spiro atoms. The number of nitrogens with zero attached hydrogens (tertiary/aromatic N) is 3. The molecule has 4 N–H and O–H groups in total. The highest BCUT2D eigenvalue weighted by Crippen LogP contribution is 2.29. The Labute approximate surface area is 239 Å². The zero-order chi connectivity index (χ0) is 28.7. The van der Waals surface area contributed by atoms with E-state index in [-0.39, 0.29) is 35.5 Å². The molecule has 0 aliphatic carbocycles. The topological polar surface area (TPSA) is 151 Å². The highest BCUT2D eigenvalue weighted by molar-refractivity contribution is 6.34. The van der Waals surface area contributed by atoms with Crippen LogP contribution >= 0.6 is 11.6 Å². The van der Waals surface area contributed by atoms with Crippen LogP contribution in [-0.2, 0) is 27.3 Å². The summed E-state index contributed by atoms with van der Waals surface area (Å²) in [7, 11) is 0. The number of halogens is 1. The van der Waals surface area contributed by atoms with Crippen LogP contribution in [0.25, 0.3) is 11.0 Å². The molecule has 210 valence electrons. The van der Waals surface area contributed by atoms with E-state index in [1.165, 1.54) is 16.5 Å². The molecule has 11 nitrogen and oxygen atoms in total. The number of morpholine rings is 1. The van der Waals surface area contributed by atoms with E-state index in [0.29, 0.717) is 35.4 Å². The molecule has 2 aliphatic heterocycles. The van der Waals surface area contributed by atoms with Gasteiger partial charge in [-0.25, -0.2) is 0 Å². The molecule has 12 heteroatoms. The van der Waals surface area contributed by atoms with Crippen molar-refractivity contribution in [3.8, 4) is 0 Å². The maximum Gasteiger partial charge on any atom is 0.259 e. The molecule has 41 heavy (non-hydrogen) atoms. The van der Waals surface area contributed by atoms with Gasteiger partial charge in [0, 0.05) is 37.1 Å². The number of aliphatic hydroxyl groups excluding tert-OH is 1. The lowest BCUT2D eigenvalue weighted by Gasteiger charge is -2.34. The van der Waals surface area contributed by atoms with Gasteiger partial charge in [0.15, 0.2) is 23.6 Å². The van der Waals surface area contributed by atoms with Gasteiger partial charge in [0.05, 0.1) is 22.6 Å². The third-order valence-electron chi connectivity index (χ3n) is 7.35. The Hall–Kier alpha value is -4.45. The van der Waals surface area contributed by atoms with Gasteiger partial charge in [-0.1, -0.05) is 41.0 Å². The van der Waals surface area contributed by atoms with E-state index in [1.807, 2.05) is 18.2 Å². The highest BCUT2D eigenvalue weighted by atomic mass is 35.5. The summed E-state index contributed by atoms with van der Waals surface area (Å²) in [5, 5.41) is 17.8. The number of benzene rings is 3. The van der Waals surface area contributed by atoms with Crippen molar-refractivity contribution < 1.29 is 28.8 Å². The number of fused-ring (bicyclic) bond motifs is 2. The maximum absolute atomic E-state index is 13.5. The molecule has 2 aliphatic rings. The van der Waals surface area contributed by atoms with Crippen LogP contribution < -0.4 is 16.0 Å². The Balaban J connectivity index is 1.17. The average molecular weight is 576 g/mol. The first-order chi connectivity index (χ1) is 19.8. The molecule has 0 radical (unpaired) electrons. The predicted octanol–water partition coefficient (Wildman–Crippen LogP) is 2.99. The van der Waals surface area contributed by atoms with E-state index in [1.54, 1.807) is 35.2 Å². The molecular weight excluding hydrogens is 550 g/mol. The number of aliphatic hydroxyl groups is 1. The molecule has 3 heterocycles. The van der Waals surface area contributed by atoms with Crippen LogP contribution in [-0.4, -0.2) is 64.8 Å². The summed E-state index contributed by atoms with van der Waals surface area (Å²) >= 11 is 6.44. The van der Waals surface area contributed by atoms with Crippen LogP contribution in [0.4, 0.5) is 17.2 Å². The number of carbonyl (C=O) groups excluding carboxylic acids is 3. The number of hydrogen-bond donors (Lipinski definition) is 3. The fraction of sp³-hybridized carbons (Fsp3) is 0.241. The van der Waals surface area contributed by atoms with Gasteiger partial charge in [-0.2, -0.15) is 0 Å². The van der Waals surface area contributed by atoms with Crippen molar-refractivity contribution in [2.45, 2.75) is 25.2 Å². The van der Waals surface area contributed by atoms with Crippen molar-refractivity contribution in [2.75, 3.05) is 35.6 Å². The molecule has 3 amide bonds. The van der Waals surface area contributed by atoms with Gasteiger partial charge in [-0.15, -0.1) is 0 Å². The molecule has 2 atom stereocenters. The van der Waals surface area contributed by atoms with E-state index in [4.69, 9.17) is 26.6 Å². The lowest BCUT2D eigenvalue weighted by molar-refractivity contribution is -0.150. The van der Waals surface area contributed by atoms with Crippen LogP contribution in [0.2, 0.25) is 5.02 Å². The third-order valence-corrected chi connectivity index (χ3v) is 7.68. The van der Waals surface area contributed by atoms with E-state index in [2.05, 4.69) is 16.5 Å². The van der Waals surface area contributed by atoms with Crippen LogP contribution in [0.1, 0.15) is 21.5 Å². The molecular formula is C29H26ClN5O6. The summed E-state index contributed by atoms with van der Waals surface area (Å²) in [5.41, 5.74) is 9.37. The number of anilines is 3. The summed E-state index contributed by atoms with van der Waals surface area (Å²) in [6.45, 7) is 1.25. The zero-order valence-corrected chi connectivity index (χ0v) is 22.5. The van der Waals surface area contributed by atoms with Gasteiger partial charge in [0.25, 0.3) is 17.7 Å². The first-order valence-electron chi connectivity index (χ1n) is 13.0. The minimum atomic E-state index is -1.80. The number of ether oxygens (including phenoxy) is 1. The zero-order valence-electron chi connectivity index (χ0n) is 21.7. The number of nitrogen functional groups attached to an aromatic ring is 1. The number of nitrogens with one attached hydrogen (secondary N) is 1. The quantitative estimate of drug-likeness (QED) is 0.328. The lowest BCUT2D eigenvalue weighted by atomic mass is 9.99. The molecule has 1 aromatic heterocycles. The van der Waals surface area contributed by atoms with Gasteiger partial charge < -0.3 is 35.2 Å². The number of hydrogen-bond acceptors (Lipinski definition) is 8. The fourth-order valence-electron chi connectivity index (χ4n) is 5.16. The van der Waals surface area contributed by atoms with Crippen molar-refractivity contribution in [1.29, 1.82) is 0 Å². The Kier molecular flexibility index (Phi) is 7.08. The van der Waals surface area contributed by atoms with Crippen molar-refractivity contribution in [3.05, 3.63) is 82.4 Å². The average Bonchev–Trinajstić information content (AvgIpc) is 3.36.